The molecular formula is C16H17N3O3S. The first-order valence-electron chi connectivity index (χ1n) is 7.16. The monoisotopic (exact) mass is 331 g/mol. The molecule has 0 atom stereocenters. The Labute approximate surface area is 137 Å². The van der Waals surface area contributed by atoms with E-state index in [1.807, 2.05) is 41.8 Å². The number of carbonyl (C=O) groups excluding carboxylic acids is 1. The minimum Gasteiger partial charge on any atom is -0.497 e. The maximum atomic E-state index is 12.0. The van der Waals surface area contributed by atoms with Crippen molar-refractivity contribution in [3.63, 3.8) is 0 Å². The molecule has 6 nitrogen and oxygen atoms in total. The van der Waals surface area contributed by atoms with Crippen molar-refractivity contribution in [1.29, 1.82) is 0 Å². The average molecular weight is 331 g/mol. The summed E-state index contributed by atoms with van der Waals surface area (Å²) in [4.78, 5) is 18.3. The summed E-state index contributed by atoms with van der Waals surface area (Å²) in [6.07, 6.45) is 3.69. The van der Waals surface area contributed by atoms with Crippen LogP contribution < -0.4 is 14.8 Å². The molecule has 3 rings (SSSR count). The molecule has 2 aromatic heterocycles. The molecule has 0 radical (unpaired) electrons. The van der Waals surface area contributed by atoms with E-state index >= 15 is 0 Å². The number of thiazole rings is 1. The first-order chi connectivity index (χ1) is 11.2. The molecule has 1 aromatic carbocycles. The van der Waals surface area contributed by atoms with Crippen molar-refractivity contribution in [3.8, 4) is 11.5 Å². The molecule has 0 bridgehead atoms. The Morgan fingerprint density at radius 2 is 2.00 bits per heavy atom. The van der Waals surface area contributed by atoms with Gasteiger partial charge in [-0.1, -0.05) is 0 Å². The van der Waals surface area contributed by atoms with Gasteiger partial charge in [-0.05, 0) is 31.2 Å². The van der Waals surface area contributed by atoms with Crippen LogP contribution in [-0.4, -0.2) is 35.6 Å². The molecule has 0 saturated carbocycles. The number of amides is 1. The molecule has 0 aliphatic carbocycles. The van der Waals surface area contributed by atoms with Gasteiger partial charge in [-0.2, -0.15) is 0 Å². The number of benzene rings is 1. The summed E-state index contributed by atoms with van der Waals surface area (Å²) < 4.78 is 12.5. The van der Waals surface area contributed by atoms with Crippen molar-refractivity contribution in [2.45, 2.75) is 6.92 Å². The summed E-state index contributed by atoms with van der Waals surface area (Å²) >= 11 is 1.56. The highest BCUT2D eigenvalue weighted by Gasteiger charge is 2.11. The molecule has 0 spiro atoms. The molecule has 1 N–H and O–H groups in total. The number of rotatable bonds is 6. The van der Waals surface area contributed by atoms with Gasteiger partial charge in [0.05, 0.1) is 13.7 Å². The van der Waals surface area contributed by atoms with Crippen LogP contribution in [0, 0.1) is 6.92 Å². The molecule has 2 heterocycles. The maximum absolute atomic E-state index is 12.0. The van der Waals surface area contributed by atoms with Gasteiger partial charge in [0, 0.05) is 17.3 Å². The Morgan fingerprint density at radius 3 is 2.70 bits per heavy atom. The fraction of sp³-hybridized carbons (Fsp3) is 0.250. The van der Waals surface area contributed by atoms with Crippen LogP contribution >= 0.6 is 11.3 Å². The van der Waals surface area contributed by atoms with Gasteiger partial charge in [0.2, 0.25) is 0 Å². The second-order valence-electron chi connectivity index (χ2n) is 4.94. The van der Waals surface area contributed by atoms with Crippen molar-refractivity contribution in [2.75, 3.05) is 20.3 Å². The molecule has 0 unspecified atom stereocenters. The van der Waals surface area contributed by atoms with Gasteiger partial charge in [-0.25, -0.2) is 4.98 Å². The van der Waals surface area contributed by atoms with Gasteiger partial charge in [-0.3, -0.25) is 9.20 Å². The third-order valence-electron chi connectivity index (χ3n) is 3.22. The van der Waals surface area contributed by atoms with Crippen molar-refractivity contribution < 1.29 is 14.3 Å². The Bertz CT molecular complexity index is 776. The van der Waals surface area contributed by atoms with Crippen LogP contribution in [0.15, 0.2) is 36.7 Å². The van der Waals surface area contributed by atoms with Crippen LogP contribution in [0.5, 0.6) is 11.5 Å². The summed E-state index contributed by atoms with van der Waals surface area (Å²) in [5.41, 5.74) is 0.417. The minimum atomic E-state index is -0.197. The number of nitrogens with one attached hydrogen (secondary N) is 1. The largest absolute Gasteiger partial charge is 0.497 e. The van der Waals surface area contributed by atoms with E-state index in [-0.39, 0.29) is 5.91 Å². The van der Waals surface area contributed by atoms with Crippen LogP contribution in [0.2, 0.25) is 0 Å². The highest BCUT2D eigenvalue weighted by atomic mass is 32.1. The Hall–Kier alpha value is -2.54. The van der Waals surface area contributed by atoms with E-state index in [4.69, 9.17) is 9.47 Å². The van der Waals surface area contributed by atoms with E-state index in [1.165, 1.54) is 0 Å². The number of methoxy groups -OCH3 is 1. The number of nitrogens with zero attached hydrogens (tertiary/aromatic N) is 2. The summed E-state index contributed by atoms with van der Waals surface area (Å²) in [7, 11) is 1.62. The Kier molecular flexibility index (Phi) is 4.47. The van der Waals surface area contributed by atoms with E-state index in [2.05, 4.69) is 10.3 Å². The molecule has 1 amide bonds. The highest BCUT2D eigenvalue weighted by Crippen LogP contribution is 2.17. The molecule has 0 aliphatic rings. The van der Waals surface area contributed by atoms with Gasteiger partial charge in [0.15, 0.2) is 4.96 Å². The van der Waals surface area contributed by atoms with Gasteiger partial charge in [0.25, 0.3) is 5.91 Å². The third-order valence-corrected chi connectivity index (χ3v) is 4.13. The van der Waals surface area contributed by atoms with Crippen LogP contribution in [0.1, 0.15) is 15.4 Å². The first kappa shape index (κ1) is 15.4. The van der Waals surface area contributed by atoms with Crippen molar-refractivity contribution in [1.82, 2.24) is 14.7 Å². The van der Waals surface area contributed by atoms with Crippen molar-refractivity contribution in [3.05, 3.63) is 47.2 Å². The third kappa shape index (κ3) is 3.62. The molecular weight excluding hydrogens is 314 g/mol. The fourth-order valence-electron chi connectivity index (χ4n) is 2.12. The predicted octanol–water partition coefficient (Wildman–Crippen LogP) is 2.52. The van der Waals surface area contributed by atoms with Gasteiger partial charge >= 0.3 is 0 Å². The zero-order valence-electron chi connectivity index (χ0n) is 12.9. The zero-order valence-corrected chi connectivity index (χ0v) is 13.7. The lowest BCUT2D eigenvalue weighted by atomic mass is 10.3. The predicted molar refractivity (Wildman–Crippen MR) is 88.6 cm³/mol. The number of aromatic nitrogens is 2. The molecule has 0 saturated heterocycles. The molecule has 23 heavy (non-hydrogen) atoms. The normalized spacial score (nSPS) is 10.7. The number of ether oxygens (including phenoxy) is 2. The van der Waals surface area contributed by atoms with Gasteiger partial charge in [-0.15, -0.1) is 11.3 Å². The molecule has 120 valence electrons. The van der Waals surface area contributed by atoms with Gasteiger partial charge < -0.3 is 14.8 Å². The van der Waals surface area contributed by atoms with Gasteiger partial charge in [0.1, 0.15) is 23.8 Å². The molecule has 0 fully saturated rings. The minimum absolute atomic E-state index is 0.197. The van der Waals surface area contributed by atoms with Crippen LogP contribution in [0.25, 0.3) is 4.96 Å². The van der Waals surface area contributed by atoms with E-state index in [0.29, 0.717) is 18.8 Å². The second kappa shape index (κ2) is 6.70. The average Bonchev–Trinajstić information content (AvgIpc) is 3.09. The summed E-state index contributed by atoms with van der Waals surface area (Å²) in [5.74, 6) is 1.32. The van der Waals surface area contributed by atoms with Crippen LogP contribution in [0.3, 0.4) is 0 Å². The molecule has 0 aliphatic heterocycles. The first-order valence-corrected chi connectivity index (χ1v) is 7.97. The van der Waals surface area contributed by atoms with Crippen molar-refractivity contribution in [2.24, 2.45) is 0 Å². The zero-order chi connectivity index (χ0) is 16.2. The number of imidazole rings is 1. The lowest BCUT2D eigenvalue weighted by Gasteiger charge is -2.07. The number of carbonyl (C=O) groups is 1. The summed E-state index contributed by atoms with van der Waals surface area (Å²) in [6.45, 7) is 2.81. The molecule has 7 heteroatoms. The standard InChI is InChI=1S/C16H17N3O3S/c1-11-9-19-10-14(18-16(19)23-11)15(20)17-7-8-22-13-5-3-12(21-2)4-6-13/h3-6,9-10H,7-8H2,1-2H3,(H,17,20). The van der Waals surface area contributed by atoms with Crippen LogP contribution in [0.4, 0.5) is 0 Å². The smallest absolute Gasteiger partial charge is 0.271 e. The van der Waals surface area contributed by atoms with E-state index in [1.54, 1.807) is 24.6 Å². The number of hydrogen-bond acceptors (Lipinski definition) is 5. The quantitative estimate of drug-likeness (QED) is 0.705. The van der Waals surface area contributed by atoms with E-state index < -0.39 is 0 Å². The lowest BCUT2D eigenvalue weighted by Crippen LogP contribution is -2.28. The second-order valence-corrected chi connectivity index (χ2v) is 6.15. The topological polar surface area (TPSA) is 64.9 Å². The fourth-order valence-corrected chi connectivity index (χ4v) is 2.93. The number of hydrogen-bond donors (Lipinski definition) is 1. The van der Waals surface area contributed by atoms with E-state index in [9.17, 15) is 4.79 Å². The van der Waals surface area contributed by atoms with Crippen molar-refractivity contribution >= 4 is 22.2 Å². The SMILES string of the molecule is COc1ccc(OCCNC(=O)c2cn3cc(C)sc3n2)cc1. The number of fused-ring (bicyclic) bond motifs is 1. The Morgan fingerprint density at radius 1 is 1.26 bits per heavy atom. The molecule has 3 aromatic rings. The highest BCUT2D eigenvalue weighted by molar-refractivity contribution is 7.17. The number of aryl methyl sites for hydroxylation is 1. The lowest BCUT2D eigenvalue weighted by molar-refractivity contribution is 0.0942. The Balaban J connectivity index is 1.47. The van der Waals surface area contributed by atoms with E-state index in [0.717, 1.165) is 21.3 Å². The summed E-state index contributed by atoms with van der Waals surface area (Å²) in [5, 5.41) is 2.80. The van der Waals surface area contributed by atoms with Crippen LogP contribution in [-0.2, 0) is 0 Å². The summed E-state index contributed by atoms with van der Waals surface area (Å²) in [6, 6.07) is 7.31. The maximum Gasteiger partial charge on any atom is 0.271 e.